The summed E-state index contributed by atoms with van der Waals surface area (Å²) >= 11 is 0. The topological polar surface area (TPSA) is 12.0 Å². The molecular formula is C12H29N. The van der Waals surface area contributed by atoms with Crippen molar-refractivity contribution >= 4 is 0 Å². The third kappa shape index (κ3) is 18.7. The van der Waals surface area contributed by atoms with Gasteiger partial charge in [0.15, 0.2) is 0 Å². The summed E-state index contributed by atoms with van der Waals surface area (Å²) in [5.41, 5.74) is 0. The standard InChI is InChI=1S/C10H23N.C2H6/c1-9(2)5-7-11-8-6-10(3)4;1-2/h9-11H,5-8H2,1-4H3;1-2H3. The van der Waals surface area contributed by atoms with Crippen molar-refractivity contribution in [1.82, 2.24) is 5.32 Å². The Morgan fingerprint density at radius 3 is 1.31 bits per heavy atom. The SMILES string of the molecule is CC.CC(C)CCNCCC(C)C. The maximum absolute atomic E-state index is 3.45. The minimum absolute atomic E-state index is 0.835. The molecule has 0 unspecified atom stereocenters. The van der Waals surface area contributed by atoms with Crippen LogP contribution in [0, 0.1) is 11.8 Å². The molecule has 0 heterocycles. The van der Waals surface area contributed by atoms with Crippen LogP contribution >= 0.6 is 0 Å². The summed E-state index contributed by atoms with van der Waals surface area (Å²) in [6, 6.07) is 0. The van der Waals surface area contributed by atoms with Crippen LogP contribution in [0.15, 0.2) is 0 Å². The van der Waals surface area contributed by atoms with E-state index in [0.717, 1.165) is 11.8 Å². The van der Waals surface area contributed by atoms with Crippen LogP contribution < -0.4 is 5.32 Å². The van der Waals surface area contributed by atoms with Crippen LogP contribution in [0.5, 0.6) is 0 Å². The van der Waals surface area contributed by atoms with E-state index >= 15 is 0 Å². The van der Waals surface area contributed by atoms with Gasteiger partial charge in [0.05, 0.1) is 0 Å². The van der Waals surface area contributed by atoms with Crippen LogP contribution in [0.4, 0.5) is 0 Å². The molecule has 1 heteroatoms. The van der Waals surface area contributed by atoms with Gasteiger partial charge in [-0.15, -0.1) is 0 Å². The molecule has 0 aromatic rings. The first-order valence-corrected chi connectivity index (χ1v) is 5.83. The van der Waals surface area contributed by atoms with Crippen LogP contribution in [0.2, 0.25) is 0 Å². The number of hydrogen-bond donors (Lipinski definition) is 1. The molecule has 82 valence electrons. The lowest BCUT2D eigenvalue weighted by Gasteiger charge is -2.07. The van der Waals surface area contributed by atoms with Crippen molar-refractivity contribution in [3.05, 3.63) is 0 Å². The molecule has 0 aliphatic carbocycles. The molecule has 0 fully saturated rings. The Labute approximate surface area is 85.3 Å². The molecule has 0 bridgehead atoms. The first-order valence-electron chi connectivity index (χ1n) is 5.83. The van der Waals surface area contributed by atoms with Crippen LogP contribution in [0.3, 0.4) is 0 Å². The van der Waals surface area contributed by atoms with E-state index in [2.05, 4.69) is 33.0 Å². The van der Waals surface area contributed by atoms with Gasteiger partial charge in [-0.25, -0.2) is 0 Å². The summed E-state index contributed by atoms with van der Waals surface area (Å²) in [5, 5.41) is 3.45. The Morgan fingerprint density at radius 2 is 1.08 bits per heavy atom. The highest BCUT2D eigenvalue weighted by Crippen LogP contribution is 1.98. The Bertz CT molecular complexity index is 67.2. The number of hydrogen-bond acceptors (Lipinski definition) is 1. The maximum atomic E-state index is 3.45. The van der Waals surface area contributed by atoms with E-state index in [1.165, 1.54) is 25.9 Å². The molecule has 0 aliphatic rings. The van der Waals surface area contributed by atoms with E-state index < -0.39 is 0 Å². The predicted molar refractivity (Wildman–Crippen MR) is 63.1 cm³/mol. The van der Waals surface area contributed by atoms with Crippen molar-refractivity contribution in [3.63, 3.8) is 0 Å². The summed E-state index contributed by atoms with van der Waals surface area (Å²) in [4.78, 5) is 0. The lowest BCUT2D eigenvalue weighted by Crippen LogP contribution is -2.19. The van der Waals surface area contributed by atoms with Gasteiger partial charge in [0, 0.05) is 0 Å². The lowest BCUT2D eigenvalue weighted by atomic mass is 10.1. The van der Waals surface area contributed by atoms with Gasteiger partial charge in [-0.2, -0.15) is 0 Å². The van der Waals surface area contributed by atoms with E-state index in [1.54, 1.807) is 0 Å². The summed E-state index contributed by atoms with van der Waals surface area (Å²) < 4.78 is 0. The first kappa shape index (κ1) is 15.4. The second-order valence-corrected chi connectivity index (χ2v) is 4.12. The Balaban J connectivity index is 0. The highest BCUT2D eigenvalue weighted by atomic mass is 14.8. The van der Waals surface area contributed by atoms with Crippen LogP contribution in [-0.4, -0.2) is 13.1 Å². The summed E-state index contributed by atoms with van der Waals surface area (Å²) in [6.07, 6.45) is 2.61. The molecule has 0 aliphatic heterocycles. The Kier molecular flexibility index (Phi) is 14.2. The third-order valence-electron chi connectivity index (χ3n) is 1.80. The fraction of sp³-hybridized carbons (Fsp3) is 1.00. The first-order chi connectivity index (χ1) is 6.13. The van der Waals surface area contributed by atoms with Crippen LogP contribution in [0.25, 0.3) is 0 Å². The van der Waals surface area contributed by atoms with Gasteiger partial charge in [-0.3, -0.25) is 0 Å². The molecule has 0 saturated heterocycles. The highest BCUT2D eigenvalue weighted by Gasteiger charge is 1.94. The van der Waals surface area contributed by atoms with E-state index in [-0.39, 0.29) is 0 Å². The van der Waals surface area contributed by atoms with Gasteiger partial charge >= 0.3 is 0 Å². The average Bonchev–Trinajstić information content (AvgIpc) is 2.06. The number of nitrogens with one attached hydrogen (secondary N) is 1. The molecule has 0 rings (SSSR count). The molecule has 0 aromatic heterocycles. The minimum atomic E-state index is 0.835. The lowest BCUT2D eigenvalue weighted by molar-refractivity contribution is 0.498. The molecule has 0 aromatic carbocycles. The van der Waals surface area contributed by atoms with Gasteiger partial charge in [-0.05, 0) is 37.8 Å². The summed E-state index contributed by atoms with van der Waals surface area (Å²) in [5.74, 6) is 1.67. The molecule has 1 N–H and O–H groups in total. The van der Waals surface area contributed by atoms with Crippen LogP contribution in [-0.2, 0) is 0 Å². The van der Waals surface area contributed by atoms with Gasteiger partial charge in [0.2, 0.25) is 0 Å². The summed E-state index contributed by atoms with van der Waals surface area (Å²) in [6.45, 7) is 15.4. The quantitative estimate of drug-likeness (QED) is 0.625. The van der Waals surface area contributed by atoms with Crippen molar-refractivity contribution in [2.24, 2.45) is 11.8 Å². The maximum Gasteiger partial charge on any atom is -0.00465 e. The van der Waals surface area contributed by atoms with Crippen molar-refractivity contribution in [3.8, 4) is 0 Å². The summed E-state index contributed by atoms with van der Waals surface area (Å²) in [7, 11) is 0. The van der Waals surface area contributed by atoms with Gasteiger partial charge in [-0.1, -0.05) is 41.5 Å². The molecule has 0 amide bonds. The fourth-order valence-electron chi connectivity index (χ4n) is 0.906. The van der Waals surface area contributed by atoms with Gasteiger partial charge in [0.25, 0.3) is 0 Å². The second-order valence-electron chi connectivity index (χ2n) is 4.12. The van der Waals surface area contributed by atoms with E-state index in [9.17, 15) is 0 Å². The second kappa shape index (κ2) is 12.0. The zero-order valence-corrected chi connectivity index (χ0v) is 10.5. The van der Waals surface area contributed by atoms with Crippen molar-refractivity contribution < 1.29 is 0 Å². The van der Waals surface area contributed by atoms with Gasteiger partial charge < -0.3 is 5.32 Å². The third-order valence-corrected chi connectivity index (χ3v) is 1.80. The highest BCUT2D eigenvalue weighted by molar-refractivity contribution is 4.52. The smallest absolute Gasteiger partial charge is 0.00465 e. The predicted octanol–water partition coefficient (Wildman–Crippen LogP) is 3.69. The molecule has 1 nitrogen and oxygen atoms in total. The zero-order valence-electron chi connectivity index (χ0n) is 10.5. The van der Waals surface area contributed by atoms with E-state index in [4.69, 9.17) is 0 Å². The molecule has 0 spiro atoms. The largest absolute Gasteiger partial charge is 0.317 e. The minimum Gasteiger partial charge on any atom is -0.317 e. The molecule has 0 saturated carbocycles. The molecule has 13 heavy (non-hydrogen) atoms. The molecule has 0 atom stereocenters. The van der Waals surface area contributed by atoms with E-state index in [0.29, 0.717) is 0 Å². The van der Waals surface area contributed by atoms with Crippen molar-refractivity contribution in [2.45, 2.75) is 54.4 Å². The van der Waals surface area contributed by atoms with E-state index in [1.807, 2.05) is 13.8 Å². The monoisotopic (exact) mass is 187 g/mol. The molecule has 0 radical (unpaired) electrons. The zero-order chi connectivity index (χ0) is 10.7. The normalized spacial score (nSPS) is 10.2. The number of rotatable bonds is 6. The molecular weight excluding hydrogens is 158 g/mol. The Hall–Kier alpha value is -0.0400. The average molecular weight is 187 g/mol. The Morgan fingerprint density at radius 1 is 0.769 bits per heavy atom. The fourth-order valence-corrected chi connectivity index (χ4v) is 0.906. The van der Waals surface area contributed by atoms with Gasteiger partial charge in [0.1, 0.15) is 0 Å². The van der Waals surface area contributed by atoms with Crippen molar-refractivity contribution in [1.29, 1.82) is 0 Å². The van der Waals surface area contributed by atoms with Crippen LogP contribution in [0.1, 0.15) is 54.4 Å². The van der Waals surface area contributed by atoms with Crippen molar-refractivity contribution in [2.75, 3.05) is 13.1 Å².